The Hall–Kier alpha value is -3.58. The van der Waals surface area contributed by atoms with Gasteiger partial charge in [0, 0.05) is 22.0 Å². The van der Waals surface area contributed by atoms with Gasteiger partial charge in [0.1, 0.15) is 0 Å². The third-order valence-electron chi connectivity index (χ3n) is 4.52. The van der Waals surface area contributed by atoms with Gasteiger partial charge in [-0.2, -0.15) is 0 Å². The zero-order valence-electron chi connectivity index (χ0n) is 16.5. The van der Waals surface area contributed by atoms with Gasteiger partial charge in [-0.15, -0.1) is 11.3 Å². The molecule has 1 N–H and O–H groups in total. The van der Waals surface area contributed by atoms with Crippen molar-refractivity contribution in [1.82, 2.24) is 9.97 Å². The SMILES string of the molecule is Cc1cc(C(=O)O[C@@H](C)C(=O)Nc2nc(-c3ccccc3)cs2)c2ccccc2n1. The number of carbonyl (C=O) groups is 2. The first-order valence-corrected chi connectivity index (χ1v) is 10.3. The lowest BCUT2D eigenvalue weighted by atomic mass is 10.1. The third kappa shape index (κ3) is 4.21. The minimum Gasteiger partial charge on any atom is -0.449 e. The molecule has 0 unspecified atom stereocenters. The molecule has 0 fully saturated rings. The number of nitrogens with zero attached hydrogens (tertiary/aromatic N) is 2. The molecule has 0 spiro atoms. The third-order valence-corrected chi connectivity index (χ3v) is 5.28. The maximum Gasteiger partial charge on any atom is 0.339 e. The summed E-state index contributed by atoms with van der Waals surface area (Å²) in [7, 11) is 0. The standard InChI is InChI=1S/C23H19N3O3S/c1-14-12-18(17-10-6-7-11-19(17)24-14)22(28)29-15(2)21(27)26-23-25-20(13-30-23)16-8-4-3-5-9-16/h3-13,15H,1-2H3,(H,25,26,27)/t15-/m0/s1. The Morgan fingerprint density at radius 3 is 2.57 bits per heavy atom. The Labute approximate surface area is 177 Å². The number of aromatic nitrogens is 2. The number of rotatable bonds is 5. The summed E-state index contributed by atoms with van der Waals surface area (Å²) in [6, 6.07) is 18.7. The minimum absolute atomic E-state index is 0.387. The molecule has 1 amide bonds. The second-order valence-corrected chi connectivity index (χ2v) is 7.63. The smallest absolute Gasteiger partial charge is 0.339 e. The number of thiazole rings is 1. The van der Waals surface area contributed by atoms with E-state index in [2.05, 4.69) is 15.3 Å². The van der Waals surface area contributed by atoms with Crippen LogP contribution in [-0.4, -0.2) is 27.9 Å². The molecular weight excluding hydrogens is 398 g/mol. The van der Waals surface area contributed by atoms with Gasteiger partial charge in [-0.25, -0.2) is 9.78 Å². The summed E-state index contributed by atoms with van der Waals surface area (Å²) in [4.78, 5) is 34.1. The van der Waals surface area contributed by atoms with Gasteiger partial charge in [-0.1, -0.05) is 48.5 Å². The van der Waals surface area contributed by atoms with Crippen molar-refractivity contribution in [2.24, 2.45) is 0 Å². The number of hydrogen-bond donors (Lipinski definition) is 1. The van der Waals surface area contributed by atoms with E-state index in [1.807, 2.05) is 66.9 Å². The number of hydrogen-bond acceptors (Lipinski definition) is 6. The number of anilines is 1. The topological polar surface area (TPSA) is 81.2 Å². The van der Waals surface area contributed by atoms with Crippen LogP contribution in [0.2, 0.25) is 0 Å². The molecule has 30 heavy (non-hydrogen) atoms. The average molecular weight is 417 g/mol. The zero-order valence-corrected chi connectivity index (χ0v) is 17.3. The summed E-state index contributed by atoms with van der Waals surface area (Å²) < 4.78 is 5.42. The molecule has 7 heteroatoms. The molecule has 4 aromatic rings. The summed E-state index contributed by atoms with van der Waals surface area (Å²) in [5.41, 5.74) is 3.54. The first-order chi connectivity index (χ1) is 14.5. The van der Waals surface area contributed by atoms with Crippen LogP contribution >= 0.6 is 11.3 Å². The molecule has 6 nitrogen and oxygen atoms in total. The van der Waals surface area contributed by atoms with E-state index < -0.39 is 18.0 Å². The first kappa shape index (κ1) is 19.7. The fraction of sp³-hybridized carbons (Fsp3) is 0.130. The van der Waals surface area contributed by atoms with Crippen LogP contribution < -0.4 is 5.32 Å². The van der Waals surface area contributed by atoms with Crippen molar-refractivity contribution in [1.29, 1.82) is 0 Å². The van der Waals surface area contributed by atoms with E-state index in [-0.39, 0.29) is 0 Å². The molecule has 0 saturated heterocycles. The predicted octanol–water partition coefficient (Wildman–Crippen LogP) is 4.85. The molecule has 0 aliphatic heterocycles. The largest absolute Gasteiger partial charge is 0.449 e. The van der Waals surface area contributed by atoms with Crippen LogP contribution in [0, 0.1) is 6.92 Å². The van der Waals surface area contributed by atoms with Crippen molar-refractivity contribution in [3.05, 3.63) is 77.3 Å². The molecule has 0 radical (unpaired) electrons. The molecule has 0 saturated carbocycles. The highest BCUT2D eigenvalue weighted by Gasteiger charge is 2.22. The number of ether oxygens (including phenoxy) is 1. The monoisotopic (exact) mass is 417 g/mol. The normalized spacial score (nSPS) is 11.8. The van der Waals surface area contributed by atoms with Crippen molar-refractivity contribution in [3.63, 3.8) is 0 Å². The van der Waals surface area contributed by atoms with Crippen LogP contribution in [-0.2, 0) is 9.53 Å². The van der Waals surface area contributed by atoms with E-state index in [0.717, 1.165) is 11.3 Å². The van der Waals surface area contributed by atoms with Crippen molar-refractivity contribution in [2.75, 3.05) is 5.32 Å². The molecule has 2 aromatic heterocycles. The lowest BCUT2D eigenvalue weighted by molar-refractivity contribution is -0.123. The molecule has 0 bridgehead atoms. The molecule has 150 valence electrons. The molecular formula is C23H19N3O3S. The van der Waals surface area contributed by atoms with Gasteiger partial charge in [0.2, 0.25) is 0 Å². The van der Waals surface area contributed by atoms with E-state index in [0.29, 0.717) is 27.3 Å². The highest BCUT2D eigenvalue weighted by Crippen LogP contribution is 2.25. The zero-order chi connectivity index (χ0) is 21.1. The van der Waals surface area contributed by atoms with Gasteiger partial charge in [0.25, 0.3) is 5.91 Å². The van der Waals surface area contributed by atoms with Crippen LogP contribution in [0.1, 0.15) is 23.0 Å². The van der Waals surface area contributed by atoms with Gasteiger partial charge in [0.15, 0.2) is 11.2 Å². The van der Waals surface area contributed by atoms with E-state index in [9.17, 15) is 9.59 Å². The Bertz CT molecular complexity index is 1220. The fourth-order valence-corrected chi connectivity index (χ4v) is 3.76. The highest BCUT2D eigenvalue weighted by molar-refractivity contribution is 7.14. The van der Waals surface area contributed by atoms with Crippen molar-refractivity contribution in [2.45, 2.75) is 20.0 Å². The van der Waals surface area contributed by atoms with Crippen LogP contribution in [0.5, 0.6) is 0 Å². The van der Waals surface area contributed by atoms with Gasteiger partial charge in [-0.05, 0) is 26.0 Å². The lowest BCUT2D eigenvalue weighted by Gasteiger charge is -2.13. The van der Waals surface area contributed by atoms with Crippen molar-refractivity contribution in [3.8, 4) is 11.3 Å². The summed E-state index contributed by atoms with van der Waals surface area (Å²) in [6.07, 6.45) is -0.978. The van der Waals surface area contributed by atoms with E-state index in [1.54, 1.807) is 6.07 Å². The fourth-order valence-electron chi connectivity index (χ4n) is 3.03. The van der Waals surface area contributed by atoms with Crippen molar-refractivity contribution >= 4 is 39.2 Å². The van der Waals surface area contributed by atoms with E-state index >= 15 is 0 Å². The molecule has 0 aliphatic rings. The Morgan fingerprint density at radius 2 is 1.77 bits per heavy atom. The Morgan fingerprint density at radius 1 is 1.03 bits per heavy atom. The quantitative estimate of drug-likeness (QED) is 0.470. The number of fused-ring (bicyclic) bond motifs is 1. The lowest BCUT2D eigenvalue weighted by Crippen LogP contribution is -2.30. The summed E-state index contributed by atoms with van der Waals surface area (Å²) >= 11 is 1.32. The number of esters is 1. The summed E-state index contributed by atoms with van der Waals surface area (Å²) in [5, 5.41) is 5.72. The van der Waals surface area contributed by atoms with Crippen LogP contribution in [0.15, 0.2) is 66.0 Å². The molecule has 0 aliphatic carbocycles. The number of aryl methyl sites for hydroxylation is 1. The molecule has 2 aromatic carbocycles. The van der Waals surface area contributed by atoms with Crippen molar-refractivity contribution < 1.29 is 14.3 Å². The van der Waals surface area contributed by atoms with Gasteiger partial charge >= 0.3 is 5.97 Å². The summed E-state index contributed by atoms with van der Waals surface area (Å²) in [5.74, 6) is -1.00. The van der Waals surface area contributed by atoms with E-state index in [4.69, 9.17) is 4.74 Å². The number of nitrogens with one attached hydrogen (secondary N) is 1. The maximum absolute atomic E-state index is 12.7. The van der Waals surface area contributed by atoms with E-state index in [1.165, 1.54) is 18.3 Å². The average Bonchev–Trinajstić information content (AvgIpc) is 3.22. The first-order valence-electron chi connectivity index (χ1n) is 9.40. The second kappa shape index (κ2) is 8.42. The molecule has 4 rings (SSSR count). The van der Waals surface area contributed by atoms with Crippen LogP contribution in [0.3, 0.4) is 0 Å². The number of para-hydroxylation sites is 1. The van der Waals surface area contributed by atoms with Gasteiger partial charge < -0.3 is 4.74 Å². The van der Waals surface area contributed by atoms with Gasteiger partial charge in [-0.3, -0.25) is 15.1 Å². The Kier molecular flexibility index (Phi) is 5.54. The number of benzene rings is 2. The molecule has 2 heterocycles. The number of carbonyl (C=O) groups excluding carboxylic acids is 2. The van der Waals surface area contributed by atoms with Gasteiger partial charge in [0.05, 0.1) is 16.8 Å². The second-order valence-electron chi connectivity index (χ2n) is 6.77. The predicted molar refractivity (Wildman–Crippen MR) is 118 cm³/mol. The maximum atomic E-state index is 12.7. The minimum atomic E-state index is -0.978. The van der Waals surface area contributed by atoms with Crippen LogP contribution in [0.4, 0.5) is 5.13 Å². The number of pyridine rings is 1. The Balaban J connectivity index is 1.45. The number of amides is 1. The van der Waals surface area contributed by atoms with Crippen LogP contribution in [0.25, 0.3) is 22.2 Å². The molecule has 1 atom stereocenters. The summed E-state index contributed by atoms with van der Waals surface area (Å²) in [6.45, 7) is 3.35. The highest BCUT2D eigenvalue weighted by atomic mass is 32.1.